The fourth-order valence-corrected chi connectivity index (χ4v) is 1.35. The summed E-state index contributed by atoms with van der Waals surface area (Å²) in [5.41, 5.74) is 5.33. The smallest absolute Gasteiger partial charge is 0.302 e. The van der Waals surface area contributed by atoms with Crippen molar-refractivity contribution in [1.29, 1.82) is 0 Å². The third kappa shape index (κ3) is 5.66. The van der Waals surface area contributed by atoms with Crippen LogP contribution in [0.15, 0.2) is 0 Å². The van der Waals surface area contributed by atoms with Gasteiger partial charge < -0.3 is 5.73 Å². The van der Waals surface area contributed by atoms with E-state index in [2.05, 4.69) is 8.83 Å². The van der Waals surface area contributed by atoms with Crippen molar-refractivity contribution in [3.05, 3.63) is 0 Å². The van der Waals surface area contributed by atoms with Crippen LogP contribution in [0.2, 0.25) is 0 Å². The molecule has 0 aliphatic carbocycles. The van der Waals surface area contributed by atoms with Gasteiger partial charge in [0.2, 0.25) is 0 Å². The van der Waals surface area contributed by atoms with Crippen molar-refractivity contribution < 1.29 is 22.9 Å². The zero-order valence-corrected chi connectivity index (χ0v) is 8.50. The van der Waals surface area contributed by atoms with Crippen molar-refractivity contribution in [1.82, 2.24) is 0 Å². The molecule has 0 fully saturated rings. The van der Waals surface area contributed by atoms with E-state index in [1.165, 1.54) is 0 Å². The molecule has 0 aromatic rings. The van der Waals surface area contributed by atoms with Crippen molar-refractivity contribution >= 4 is 16.5 Å². The highest BCUT2D eigenvalue weighted by molar-refractivity contribution is 7.47. The van der Waals surface area contributed by atoms with Crippen molar-refractivity contribution in [3.63, 3.8) is 0 Å². The number of hydrogen-bond acceptors (Lipinski definition) is 5. The molecule has 12 heavy (non-hydrogen) atoms. The quantitative estimate of drug-likeness (QED) is 0.529. The summed E-state index contributed by atoms with van der Waals surface area (Å²) in [5, 5.41) is 0. The van der Waals surface area contributed by atoms with Crippen LogP contribution in [0.1, 0.15) is 13.8 Å². The van der Waals surface area contributed by atoms with Crippen LogP contribution in [0, 0.1) is 5.92 Å². The van der Waals surface area contributed by atoms with Crippen LogP contribution in [0.3, 0.4) is 0 Å². The second-order valence-electron chi connectivity index (χ2n) is 2.36. The molecule has 6 nitrogen and oxygen atoms in total. The summed E-state index contributed by atoms with van der Waals surface area (Å²) in [6, 6.07) is 0. The maximum absolute atomic E-state index is 10.6. The third-order valence-corrected chi connectivity index (χ3v) is 2.51. The fourth-order valence-electron chi connectivity index (χ4n) is 0.297. The van der Waals surface area contributed by atoms with E-state index < -0.39 is 22.7 Å². The Hall–Kier alpha value is 0.0400. The second-order valence-corrected chi connectivity index (χ2v) is 4.14. The fraction of sp³-hybridized carbons (Fsp3) is 1.00. The molecule has 0 saturated carbocycles. The highest BCUT2D eigenvalue weighted by Gasteiger charge is 2.39. The van der Waals surface area contributed by atoms with Gasteiger partial charge in [-0.3, -0.25) is 0 Å². The lowest BCUT2D eigenvalue weighted by atomic mass is 10.2. The Morgan fingerprint density at radius 2 is 1.92 bits per heavy atom. The number of hydrogen-bond donors (Lipinski definition) is 2. The Bertz CT molecular complexity index is 184. The maximum Gasteiger partial charge on any atom is 0.749 e. The van der Waals surface area contributed by atoms with Crippen LogP contribution in [-0.2, 0) is 18.0 Å². The van der Waals surface area contributed by atoms with E-state index in [0.29, 0.717) is 0 Å². The Morgan fingerprint density at radius 1 is 1.42 bits per heavy atom. The first kappa shape index (κ1) is 12.0. The summed E-state index contributed by atoms with van der Waals surface area (Å²) in [4.78, 5) is 8.16. The molecule has 3 atom stereocenters. The lowest BCUT2D eigenvalue weighted by Crippen LogP contribution is -2.27. The van der Waals surface area contributed by atoms with Gasteiger partial charge >= 0.3 is 16.5 Å². The molecule has 8 heteroatoms. The Kier molecular flexibility index (Phi) is 5.66. The molecule has 3 unspecified atom stereocenters. The molecule has 0 aromatic heterocycles. The summed E-state index contributed by atoms with van der Waals surface area (Å²) < 4.78 is 29.1. The standard InChI is InChI=1S/C4H10NO5P2/c1-3(2)4(5)9-12(8)10-11(6)7/h3-4H,5H2,1-2H3/q+1/p+1. The molecule has 70 valence electrons. The molecule has 0 aliphatic rings. The number of nitrogens with two attached hydrogens (primary N) is 1. The summed E-state index contributed by atoms with van der Waals surface area (Å²) in [5.74, 6) is -0.0378. The Labute approximate surface area is 72.0 Å². The molecule has 0 heterocycles. The van der Waals surface area contributed by atoms with Crippen molar-refractivity contribution in [3.8, 4) is 0 Å². The van der Waals surface area contributed by atoms with Gasteiger partial charge in [-0.1, -0.05) is 18.4 Å². The minimum absolute atomic E-state index is 0.0378. The van der Waals surface area contributed by atoms with E-state index in [0.717, 1.165) is 0 Å². The largest absolute Gasteiger partial charge is 0.749 e. The van der Waals surface area contributed by atoms with E-state index >= 15 is 0 Å². The molecule has 0 rings (SSSR count). The van der Waals surface area contributed by atoms with E-state index in [4.69, 9.17) is 10.6 Å². The number of rotatable bonds is 5. The van der Waals surface area contributed by atoms with Crippen molar-refractivity contribution in [2.24, 2.45) is 11.7 Å². The van der Waals surface area contributed by atoms with Gasteiger partial charge in [-0.2, -0.15) is 0 Å². The second kappa shape index (κ2) is 5.65. The van der Waals surface area contributed by atoms with Gasteiger partial charge in [0.15, 0.2) is 10.5 Å². The van der Waals surface area contributed by atoms with Crippen LogP contribution in [0.5, 0.6) is 0 Å². The molecule has 3 N–H and O–H groups in total. The van der Waals surface area contributed by atoms with E-state index in [-0.39, 0.29) is 5.92 Å². The van der Waals surface area contributed by atoms with Gasteiger partial charge in [-0.25, -0.2) is 0 Å². The molecule has 0 spiro atoms. The van der Waals surface area contributed by atoms with Crippen LogP contribution in [0.25, 0.3) is 0 Å². The van der Waals surface area contributed by atoms with Crippen LogP contribution >= 0.6 is 16.5 Å². The van der Waals surface area contributed by atoms with Crippen LogP contribution in [-0.4, -0.2) is 11.1 Å². The molecule has 0 aliphatic heterocycles. The van der Waals surface area contributed by atoms with Crippen LogP contribution in [0.4, 0.5) is 0 Å². The zero-order valence-electron chi connectivity index (χ0n) is 6.71. The summed E-state index contributed by atoms with van der Waals surface area (Å²) in [6.45, 7) is 3.51. The first-order chi connectivity index (χ1) is 5.43. The minimum Gasteiger partial charge on any atom is -0.302 e. The van der Waals surface area contributed by atoms with Gasteiger partial charge in [0.05, 0.1) is 0 Å². The maximum atomic E-state index is 10.6. The Balaban J connectivity index is 3.77. The highest BCUT2D eigenvalue weighted by Crippen LogP contribution is 2.37. The molecule has 0 aromatic carbocycles. The van der Waals surface area contributed by atoms with Gasteiger partial charge in [0, 0.05) is 9.13 Å². The normalized spacial score (nSPS) is 16.1. The van der Waals surface area contributed by atoms with Gasteiger partial charge in [-0.15, -0.1) is 4.89 Å². The molecule has 0 radical (unpaired) electrons. The average Bonchev–Trinajstić information content (AvgIpc) is 1.84. The summed E-state index contributed by atoms with van der Waals surface area (Å²) in [6.07, 6.45) is -0.761. The van der Waals surface area contributed by atoms with E-state index in [9.17, 15) is 9.13 Å². The van der Waals surface area contributed by atoms with Gasteiger partial charge in [-0.05, 0) is 5.92 Å². The minimum atomic E-state index is -2.90. The third-order valence-electron chi connectivity index (χ3n) is 1.00. The van der Waals surface area contributed by atoms with Crippen molar-refractivity contribution in [2.75, 3.05) is 0 Å². The Morgan fingerprint density at radius 3 is 2.25 bits per heavy atom. The van der Waals surface area contributed by atoms with Crippen LogP contribution < -0.4 is 5.73 Å². The molecule has 0 amide bonds. The topological polar surface area (TPSA) is 98.9 Å². The van der Waals surface area contributed by atoms with E-state index in [1.807, 2.05) is 0 Å². The van der Waals surface area contributed by atoms with Crippen molar-refractivity contribution in [2.45, 2.75) is 20.1 Å². The van der Waals surface area contributed by atoms with Gasteiger partial charge in [0.25, 0.3) is 0 Å². The average molecular weight is 215 g/mol. The highest BCUT2D eigenvalue weighted by atomic mass is 31.2. The predicted octanol–water partition coefficient (Wildman–Crippen LogP) is 1.27. The molecular formula is C4H11NO5P2+2. The first-order valence-corrected chi connectivity index (χ1v) is 5.40. The SMILES string of the molecule is CC(C)C(N)O[P+](=O)O[P+](=O)O. The van der Waals surface area contributed by atoms with E-state index in [1.54, 1.807) is 13.8 Å². The molecule has 0 bridgehead atoms. The monoisotopic (exact) mass is 215 g/mol. The lowest BCUT2D eigenvalue weighted by Gasteiger charge is -2.05. The zero-order chi connectivity index (χ0) is 9.72. The molecule has 0 saturated heterocycles. The predicted molar refractivity (Wildman–Crippen MR) is 42.4 cm³/mol. The summed E-state index contributed by atoms with van der Waals surface area (Å²) in [7, 11) is -5.50. The summed E-state index contributed by atoms with van der Waals surface area (Å²) >= 11 is 0. The molecular weight excluding hydrogens is 204 g/mol. The first-order valence-electron chi connectivity index (χ1n) is 3.17. The lowest BCUT2D eigenvalue weighted by molar-refractivity contribution is 0.151. The van der Waals surface area contributed by atoms with Gasteiger partial charge in [0.1, 0.15) is 0 Å².